The van der Waals surface area contributed by atoms with E-state index < -0.39 is 35.4 Å². The van der Waals surface area contributed by atoms with Gasteiger partial charge in [-0.05, 0) is 18.9 Å². The molecule has 6 heteroatoms. The molecule has 0 aromatic heterocycles. The minimum atomic E-state index is -1.63. The predicted molar refractivity (Wildman–Crippen MR) is 79.1 cm³/mol. The zero-order valence-corrected chi connectivity index (χ0v) is 12.6. The predicted octanol–water partition coefficient (Wildman–Crippen LogP) is 2.24. The summed E-state index contributed by atoms with van der Waals surface area (Å²) in [7, 11) is 0. The molecule has 1 saturated heterocycles. The number of halogens is 1. The standard InChI is InChI=1S/C17H18FNO4/c18-13-8-4-3-7-12(13)17(10-15(21)22)9-14(20)19(16(17)23)11-5-1-2-6-11/h3-4,7-8,11H,1-2,5-6,9-10H2,(H,21,22). The topological polar surface area (TPSA) is 74.7 Å². The number of carboxylic acids is 1. The van der Waals surface area contributed by atoms with E-state index in [2.05, 4.69) is 0 Å². The fourth-order valence-corrected chi connectivity index (χ4v) is 3.85. The zero-order valence-electron chi connectivity index (χ0n) is 12.6. The number of aliphatic carboxylic acids is 1. The molecule has 2 amide bonds. The van der Waals surface area contributed by atoms with Gasteiger partial charge in [0.25, 0.3) is 0 Å². The first-order valence-electron chi connectivity index (χ1n) is 7.79. The van der Waals surface area contributed by atoms with Gasteiger partial charge in [-0.25, -0.2) is 4.39 Å². The summed E-state index contributed by atoms with van der Waals surface area (Å²) in [6, 6.07) is 5.44. The number of hydrogen-bond donors (Lipinski definition) is 1. The smallest absolute Gasteiger partial charge is 0.304 e. The Morgan fingerprint density at radius 3 is 2.52 bits per heavy atom. The van der Waals surface area contributed by atoms with Crippen LogP contribution in [0.1, 0.15) is 44.1 Å². The van der Waals surface area contributed by atoms with Crippen LogP contribution in [0.25, 0.3) is 0 Å². The van der Waals surface area contributed by atoms with E-state index in [1.54, 1.807) is 6.07 Å². The maximum atomic E-state index is 14.3. The summed E-state index contributed by atoms with van der Waals surface area (Å²) < 4.78 is 14.3. The summed E-state index contributed by atoms with van der Waals surface area (Å²) in [6.45, 7) is 0. The van der Waals surface area contributed by atoms with E-state index in [-0.39, 0.29) is 18.0 Å². The second-order valence-electron chi connectivity index (χ2n) is 6.32. The molecule has 23 heavy (non-hydrogen) atoms. The molecule has 2 aliphatic rings. The minimum absolute atomic E-state index is 0.00115. The molecule has 2 fully saturated rings. The number of nitrogens with zero attached hydrogens (tertiary/aromatic N) is 1. The van der Waals surface area contributed by atoms with Gasteiger partial charge in [-0.2, -0.15) is 0 Å². The lowest BCUT2D eigenvalue weighted by Gasteiger charge is -2.28. The quantitative estimate of drug-likeness (QED) is 0.864. The van der Waals surface area contributed by atoms with Gasteiger partial charge in [0.15, 0.2) is 0 Å². The van der Waals surface area contributed by atoms with Gasteiger partial charge in [0.2, 0.25) is 11.8 Å². The van der Waals surface area contributed by atoms with Crippen LogP contribution >= 0.6 is 0 Å². The van der Waals surface area contributed by atoms with E-state index in [0.29, 0.717) is 0 Å². The Kier molecular flexibility index (Phi) is 3.92. The first-order valence-corrected chi connectivity index (χ1v) is 7.79. The Morgan fingerprint density at radius 1 is 1.26 bits per heavy atom. The lowest BCUT2D eigenvalue weighted by atomic mass is 9.75. The largest absolute Gasteiger partial charge is 0.481 e. The van der Waals surface area contributed by atoms with Crippen LogP contribution < -0.4 is 0 Å². The average molecular weight is 319 g/mol. The van der Waals surface area contributed by atoms with Gasteiger partial charge in [0, 0.05) is 18.0 Å². The molecule has 1 aliphatic carbocycles. The Labute approximate surface area is 133 Å². The van der Waals surface area contributed by atoms with Crippen LogP contribution in [-0.4, -0.2) is 33.8 Å². The molecule has 122 valence electrons. The maximum absolute atomic E-state index is 14.3. The molecule has 5 nitrogen and oxygen atoms in total. The van der Waals surface area contributed by atoms with Gasteiger partial charge in [-0.3, -0.25) is 19.3 Å². The second kappa shape index (κ2) is 5.76. The van der Waals surface area contributed by atoms with Gasteiger partial charge >= 0.3 is 5.97 Å². The minimum Gasteiger partial charge on any atom is -0.481 e. The molecular formula is C17H18FNO4. The molecule has 1 aromatic rings. The normalized spacial score (nSPS) is 25.3. The van der Waals surface area contributed by atoms with Crippen molar-refractivity contribution in [3.8, 4) is 0 Å². The van der Waals surface area contributed by atoms with E-state index in [1.165, 1.54) is 23.1 Å². The van der Waals surface area contributed by atoms with Crippen molar-refractivity contribution in [3.63, 3.8) is 0 Å². The van der Waals surface area contributed by atoms with Gasteiger partial charge < -0.3 is 5.11 Å². The number of amides is 2. The van der Waals surface area contributed by atoms with Crippen LogP contribution in [0, 0.1) is 5.82 Å². The number of imide groups is 1. The molecule has 1 aromatic carbocycles. The Balaban J connectivity index is 2.07. The molecular weight excluding hydrogens is 301 g/mol. The number of carbonyl (C=O) groups excluding carboxylic acids is 2. The van der Waals surface area contributed by atoms with Crippen molar-refractivity contribution in [1.29, 1.82) is 0 Å². The molecule has 3 rings (SSSR count). The van der Waals surface area contributed by atoms with Crippen LogP contribution in [0.3, 0.4) is 0 Å². The number of carbonyl (C=O) groups is 3. The van der Waals surface area contributed by atoms with E-state index in [4.69, 9.17) is 0 Å². The van der Waals surface area contributed by atoms with Crippen molar-refractivity contribution in [2.75, 3.05) is 0 Å². The SMILES string of the molecule is O=C(O)CC1(c2ccccc2F)CC(=O)N(C2CCCC2)C1=O. The van der Waals surface area contributed by atoms with E-state index in [0.717, 1.165) is 25.7 Å². The summed E-state index contributed by atoms with van der Waals surface area (Å²) in [5, 5.41) is 9.24. The van der Waals surface area contributed by atoms with Crippen molar-refractivity contribution < 1.29 is 23.9 Å². The van der Waals surface area contributed by atoms with Gasteiger partial charge in [-0.1, -0.05) is 31.0 Å². The molecule has 0 radical (unpaired) electrons. The summed E-state index contributed by atoms with van der Waals surface area (Å²) in [6.07, 6.45) is 2.48. The van der Waals surface area contributed by atoms with Crippen molar-refractivity contribution >= 4 is 17.8 Å². The number of carboxylic acid groups (broad SMARTS) is 1. The Hall–Kier alpha value is -2.24. The fourth-order valence-electron chi connectivity index (χ4n) is 3.85. The second-order valence-corrected chi connectivity index (χ2v) is 6.32. The van der Waals surface area contributed by atoms with E-state index >= 15 is 0 Å². The molecule has 1 N–H and O–H groups in total. The van der Waals surface area contributed by atoms with Crippen LogP contribution in [-0.2, 0) is 19.8 Å². The number of hydrogen-bond acceptors (Lipinski definition) is 3. The van der Waals surface area contributed by atoms with Crippen molar-refractivity contribution in [2.24, 2.45) is 0 Å². The third-order valence-electron chi connectivity index (χ3n) is 4.88. The van der Waals surface area contributed by atoms with E-state index in [9.17, 15) is 23.9 Å². The highest BCUT2D eigenvalue weighted by Gasteiger charge is 2.56. The molecule has 0 bridgehead atoms. The number of rotatable bonds is 4. The number of benzene rings is 1. The molecule has 1 heterocycles. The maximum Gasteiger partial charge on any atom is 0.304 e. The molecule has 1 aliphatic heterocycles. The van der Waals surface area contributed by atoms with Crippen molar-refractivity contribution in [1.82, 2.24) is 4.90 Å². The molecule has 1 unspecified atom stereocenters. The highest BCUT2D eigenvalue weighted by atomic mass is 19.1. The van der Waals surface area contributed by atoms with Crippen LogP contribution in [0.4, 0.5) is 4.39 Å². The summed E-state index contributed by atoms with van der Waals surface area (Å²) in [5.74, 6) is -2.83. The monoisotopic (exact) mass is 319 g/mol. The lowest BCUT2D eigenvalue weighted by molar-refractivity contribution is -0.146. The summed E-state index contributed by atoms with van der Waals surface area (Å²) in [5.41, 5.74) is -1.63. The van der Waals surface area contributed by atoms with Gasteiger partial charge in [0.1, 0.15) is 5.82 Å². The molecule has 0 spiro atoms. The average Bonchev–Trinajstić information content (AvgIpc) is 3.07. The Morgan fingerprint density at radius 2 is 1.91 bits per heavy atom. The van der Waals surface area contributed by atoms with E-state index in [1.807, 2.05) is 0 Å². The van der Waals surface area contributed by atoms with Gasteiger partial charge in [0.05, 0.1) is 11.8 Å². The van der Waals surface area contributed by atoms with Crippen LogP contribution in [0.15, 0.2) is 24.3 Å². The lowest BCUT2D eigenvalue weighted by Crippen LogP contribution is -2.44. The van der Waals surface area contributed by atoms with Gasteiger partial charge in [-0.15, -0.1) is 0 Å². The summed E-state index contributed by atoms with van der Waals surface area (Å²) in [4.78, 5) is 37.9. The van der Waals surface area contributed by atoms with Crippen molar-refractivity contribution in [3.05, 3.63) is 35.6 Å². The third-order valence-corrected chi connectivity index (χ3v) is 4.88. The molecule has 1 atom stereocenters. The van der Waals surface area contributed by atoms with Crippen molar-refractivity contribution in [2.45, 2.75) is 50.0 Å². The highest BCUT2D eigenvalue weighted by molar-refractivity contribution is 6.10. The van der Waals surface area contributed by atoms with Crippen LogP contribution in [0.5, 0.6) is 0 Å². The Bertz CT molecular complexity index is 668. The number of likely N-dealkylation sites (tertiary alicyclic amines) is 1. The highest BCUT2D eigenvalue weighted by Crippen LogP contribution is 2.43. The van der Waals surface area contributed by atoms with Crippen LogP contribution in [0.2, 0.25) is 0 Å². The fraction of sp³-hybridized carbons (Fsp3) is 0.471. The molecule has 1 saturated carbocycles. The first kappa shape index (κ1) is 15.6. The first-order chi connectivity index (χ1) is 11.0. The third kappa shape index (κ3) is 2.52. The summed E-state index contributed by atoms with van der Waals surface area (Å²) >= 11 is 0. The zero-order chi connectivity index (χ0) is 16.6.